The Hall–Kier alpha value is -1.78. The van der Waals surface area contributed by atoms with Gasteiger partial charge in [0.1, 0.15) is 12.0 Å². The number of carbonyl (C=O) groups excluding carboxylic acids is 1. The van der Waals surface area contributed by atoms with Crippen LogP contribution in [0.15, 0.2) is 23.7 Å². The zero-order valence-corrected chi connectivity index (χ0v) is 8.13. The Labute approximate surface area is 86.9 Å². The zero-order chi connectivity index (χ0) is 10.7. The Morgan fingerprint density at radius 3 is 2.93 bits per heavy atom. The lowest BCUT2D eigenvalue weighted by atomic mass is 10.1. The van der Waals surface area contributed by atoms with E-state index in [-0.39, 0.29) is 12.2 Å². The van der Waals surface area contributed by atoms with Gasteiger partial charge >= 0.3 is 0 Å². The van der Waals surface area contributed by atoms with E-state index in [2.05, 4.69) is 15.1 Å². The van der Waals surface area contributed by atoms with Crippen molar-refractivity contribution >= 4 is 11.5 Å². The third-order valence-corrected chi connectivity index (χ3v) is 2.39. The molecule has 0 saturated heterocycles. The Bertz CT molecular complexity index is 385. The van der Waals surface area contributed by atoms with Gasteiger partial charge in [-0.3, -0.25) is 4.79 Å². The number of oxime groups is 1. The van der Waals surface area contributed by atoms with Crippen LogP contribution < -0.4 is 0 Å². The molecular formula is C10H11N3O2. The number of ketones is 1. The molecule has 1 N–H and O–H groups in total. The molecule has 0 aromatic carbocycles. The summed E-state index contributed by atoms with van der Waals surface area (Å²) in [5.41, 5.74) is 0.936. The highest BCUT2D eigenvalue weighted by molar-refractivity contribution is 6.09. The van der Waals surface area contributed by atoms with Crippen LogP contribution in [0.4, 0.5) is 0 Å². The van der Waals surface area contributed by atoms with E-state index in [4.69, 9.17) is 5.21 Å². The summed E-state index contributed by atoms with van der Waals surface area (Å²) >= 11 is 0. The number of nitrogens with zero attached hydrogens (tertiary/aromatic N) is 3. The molecule has 1 aliphatic carbocycles. The summed E-state index contributed by atoms with van der Waals surface area (Å²) in [5, 5.41) is 11.9. The molecule has 1 aromatic heterocycles. The van der Waals surface area contributed by atoms with Gasteiger partial charge in [-0.05, 0) is 18.9 Å². The Morgan fingerprint density at radius 2 is 2.40 bits per heavy atom. The minimum atomic E-state index is -0.128. The van der Waals surface area contributed by atoms with Gasteiger partial charge in [0, 0.05) is 12.1 Å². The fourth-order valence-corrected chi connectivity index (χ4v) is 1.39. The summed E-state index contributed by atoms with van der Waals surface area (Å²) in [6.07, 6.45) is 5.03. The van der Waals surface area contributed by atoms with Crippen molar-refractivity contribution in [2.45, 2.75) is 19.3 Å². The highest BCUT2D eigenvalue weighted by atomic mass is 16.4. The lowest BCUT2D eigenvalue weighted by molar-refractivity contribution is 0.0993. The second-order valence-corrected chi connectivity index (χ2v) is 3.56. The average molecular weight is 205 g/mol. The normalized spacial score (nSPS) is 16.4. The van der Waals surface area contributed by atoms with E-state index in [0.717, 1.165) is 12.8 Å². The lowest BCUT2D eigenvalue weighted by Gasteiger charge is -2.00. The maximum Gasteiger partial charge on any atom is 0.187 e. The van der Waals surface area contributed by atoms with Gasteiger partial charge in [0.15, 0.2) is 5.78 Å². The first kappa shape index (κ1) is 9.76. The van der Waals surface area contributed by atoms with Crippen LogP contribution in [0.5, 0.6) is 0 Å². The molecule has 78 valence electrons. The fourth-order valence-electron chi connectivity index (χ4n) is 1.39. The van der Waals surface area contributed by atoms with Gasteiger partial charge in [0.05, 0.1) is 12.1 Å². The highest BCUT2D eigenvalue weighted by Crippen LogP contribution is 2.32. The summed E-state index contributed by atoms with van der Waals surface area (Å²) in [6, 6.07) is 1.56. The van der Waals surface area contributed by atoms with Gasteiger partial charge in [0.2, 0.25) is 0 Å². The van der Waals surface area contributed by atoms with E-state index in [9.17, 15) is 4.79 Å². The molecule has 0 atom stereocenters. The number of aromatic nitrogens is 2. The molecular weight excluding hydrogens is 194 g/mol. The molecule has 0 spiro atoms. The SMILES string of the molecule is O=C(C/C(=N/O)C1CC1)c1ccncn1. The third-order valence-electron chi connectivity index (χ3n) is 2.39. The molecule has 1 fully saturated rings. The van der Waals surface area contributed by atoms with E-state index >= 15 is 0 Å². The molecule has 15 heavy (non-hydrogen) atoms. The van der Waals surface area contributed by atoms with Gasteiger partial charge in [-0.2, -0.15) is 0 Å². The van der Waals surface area contributed by atoms with Crippen molar-refractivity contribution in [2.75, 3.05) is 0 Å². The minimum Gasteiger partial charge on any atom is -0.411 e. The zero-order valence-electron chi connectivity index (χ0n) is 8.13. The molecule has 1 aromatic rings. The lowest BCUT2D eigenvalue weighted by Crippen LogP contribution is -2.11. The maximum absolute atomic E-state index is 11.7. The van der Waals surface area contributed by atoms with E-state index in [1.807, 2.05) is 0 Å². The van der Waals surface area contributed by atoms with Gasteiger partial charge in [-0.15, -0.1) is 0 Å². The van der Waals surface area contributed by atoms with Crippen LogP contribution in [0.1, 0.15) is 29.8 Å². The van der Waals surface area contributed by atoms with Crippen LogP contribution in [0, 0.1) is 5.92 Å². The Kier molecular flexibility index (Phi) is 2.71. The van der Waals surface area contributed by atoms with Crippen molar-refractivity contribution in [3.05, 3.63) is 24.3 Å². The first-order chi connectivity index (χ1) is 7.31. The molecule has 0 unspecified atom stereocenters. The van der Waals surface area contributed by atoms with Crippen LogP contribution in [0.3, 0.4) is 0 Å². The number of Topliss-reactive ketones (excluding diaryl/α,β-unsaturated/α-hetero) is 1. The van der Waals surface area contributed by atoms with Gasteiger partial charge < -0.3 is 5.21 Å². The molecule has 0 bridgehead atoms. The third kappa shape index (κ3) is 2.37. The second-order valence-electron chi connectivity index (χ2n) is 3.56. The molecule has 1 saturated carbocycles. The average Bonchev–Trinajstić information content (AvgIpc) is 3.10. The maximum atomic E-state index is 11.7. The molecule has 5 nitrogen and oxygen atoms in total. The summed E-state index contributed by atoms with van der Waals surface area (Å²) in [4.78, 5) is 19.2. The van der Waals surface area contributed by atoms with Crippen LogP contribution in [0.2, 0.25) is 0 Å². The van der Waals surface area contributed by atoms with Crippen LogP contribution >= 0.6 is 0 Å². The molecule has 0 radical (unpaired) electrons. The molecule has 0 aliphatic heterocycles. The van der Waals surface area contributed by atoms with Gasteiger partial charge in [-0.1, -0.05) is 5.16 Å². The fraction of sp³-hybridized carbons (Fsp3) is 0.400. The predicted molar refractivity (Wildman–Crippen MR) is 52.9 cm³/mol. The monoisotopic (exact) mass is 205 g/mol. The number of hydrogen-bond acceptors (Lipinski definition) is 5. The topological polar surface area (TPSA) is 75.4 Å². The van der Waals surface area contributed by atoms with Crippen LogP contribution in [-0.4, -0.2) is 26.7 Å². The van der Waals surface area contributed by atoms with Crippen molar-refractivity contribution in [3.8, 4) is 0 Å². The summed E-state index contributed by atoms with van der Waals surface area (Å²) in [5.74, 6) is 0.165. The second kappa shape index (κ2) is 4.16. The smallest absolute Gasteiger partial charge is 0.187 e. The number of hydrogen-bond donors (Lipinski definition) is 1. The highest BCUT2D eigenvalue weighted by Gasteiger charge is 2.29. The summed E-state index contributed by atoms with van der Waals surface area (Å²) in [6.45, 7) is 0. The number of rotatable bonds is 4. The van der Waals surface area contributed by atoms with Crippen molar-refractivity contribution in [1.29, 1.82) is 0 Å². The molecule has 1 heterocycles. The Balaban J connectivity index is 2.03. The van der Waals surface area contributed by atoms with Crippen LogP contribution in [-0.2, 0) is 0 Å². The van der Waals surface area contributed by atoms with E-state index < -0.39 is 0 Å². The minimum absolute atomic E-state index is 0.128. The predicted octanol–water partition coefficient (Wildman–Crippen LogP) is 1.29. The van der Waals surface area contributed by atoms with Crippen molar-refractivity contribution < 1.29 is 10.0 Å². The molecule has 1 aliphatic rings. The quantitative estimate of drug-likeness (QED) is 0.348. The molecule has 0 amide bonds. The van der Waals surface area contributed by atoms with E-state index in [0.29, 0.717) is 17.3 Å². The Morgan fingerprint density at radius 1 is 1.60 bits per heavy atom. The van der Waals surface area contributed by atoms with Crippen molar-refractivity contribution in [1.82, 2.24) is 9.97 Å². The standard InChI is InChI=1S/C10H11N3O2/c14-10(8-3-4-11-6-12-8)5-9(13-15)7-1-2-7/h3-4,6-7,15H,1-2,5H2/b13-9-. The van der Waals surface area contributed by atoms with Gasteiger partial charge in [-0.25, -0.2) is 9.97 Å². The largest absolute Gasteiger partial charge is 0.411 e. The van der Waals surface area contributed by atoms with Gasteiger partial charge in [0.25, 0.3) is 0 Å². The first-order valence-corrected chi connectivity index (χ1v) is 4.81. The number of carbonyl (C=O) groups is 1. The molecule has 5 heteroatoms. The van der Waals surface area contributed by atoms with Crippen LogP contribution in [0.25, 0.3) is 0 Å². The summed E-state index contributed by atoms with van der Waals surface area (Å²) < 4.78 is 0. The van der Waals surface area contributed by atoms with Crippen molar-refractivity contribution in [3.63, 3.8) is 0 Å². The van der Waals surface area contributed by atoms with E-state index in [1.54, 1.807) is 6.07 Å². The summed E-state index contributed by atoms with van der Waals surface area (Å²) in [7, 11) is 0. The molecule has 2 rings (SSSR count). The van der Waals surface area contributed by atoms with Crippen molar-refractivity contribution in [2.24, 2.45) is 11.1 Å². The van der Waals surface area contributed by atoms with E-state index in [1.165, 1.54) is 12.5 Å². The first-order valence-electron chi connectivity index (χ1n) is 4.81.